The van der Waals surface area contributed by atoms with E-state index in [1.54, 1.807) is 31.2 Å². The molecule has 0 saturated carbocycles. The minimum atomic E-state index is -4.18. The van der Waals surface area contributed by atoms with Gasteiger partial charge in [-0.3, -0.25) is 14.3 Å². The lowest BCUT2D eigenvalue weighted by atomic mass is 10.3. The van der Waals surface area contributed by atoms with Crippen LogP contribution in [0.5, 0.6) is 5.75 Å². The summed E-state index contributed by atoms with van der Waals surface area (Å²) in [6, 6.07) is 6.53. The zero-order valence-electron chi connectivity index (χ0n) is 18.2. The third-order valence-corrected chi connectivity index (χ3v) is 6.56. The van der Waals surface area contributed by atoms with Crippen molar-refractivity contribution in [1.29, 1.82) is 0 Å². The Balaban J connectivity index is 2.16. The molecule has 1 aromatic heterocycles. The average molecular weight is 467 g/mol. The maximum absolute atomic E-state index is 12.8. The molecular weight excluding hydrogens is 440 g/mol. The van der Waals surface area contributed by atoms with Gasteiger partial charge in [-0.1, -0.05) is 19.1 Å². The van der Waals surface area contributed by atoms with E-state index in [-0.39, 0.29) is 24.4 Å². The van der Waals surface area contributed by atoms with Gasteiger partial charge in [0, 0.05) is 7.05 Å². The fraction of sp³-hybridized carbons (Fsp3) is 0.400. The van der Waals surface area contributed by atoms with Gasteiger partial charge in [-0.2, -0.15) is 5.10 Å². The zero-order valence-corrected chi connectivity index (χ0v) is 19.1. The SMILES string of the molecule is CCOC(=O)c1cnn(C)c1NC(=O)C(CC)S(=O)(=O)CC(=O)Nc1ccccc1OC. The highest BCUT2D eigenvalue weighted by molar-refractivity contribution is 7.93. The van der Waals surface area contributed by atoms with E-state index in [4.69, 9.17) is 9.47 Å². The number of ether oxygens (including phenoxy) is 2. The van der Waals surface area contributed by atoms with Crippen LogP contribution in [-0.4, -0.2) is 60.7 Å². The molecule has 2 N–H and O–H groups in total. The van der Waals surface area contributed by atoms with Crippen molar-refractivity contribution in [2.75, 3.05) is 30.1 Å². The Hall–Kier alpha value is -3.41. The highest BCUT2D eigenvalue weighted by atomic mass is 32.2. The fourth-order valence-electron chi connectivity index (χ4n) is 2.96. The molecule has 2 rings (SSSR count). The fourth-order valence-corrected chi connectivity index (χ4v) is 4.49. The topological polar surface area (TPSA) is 146 Å². The summed E-state index contributed by atoms with van der Waals surface area (Å²) < 4.78 is 36.9. The molecule has 0 spiro atoms. The zero-order chi connectivity index (χ0) is 23.9. The van der Waals surface area contributed by atoms with Gasteiger partial charge >= 0.3 is 5.97 Å². The molecule has 2 amide bonds. The van der Waals surface area contributed by atoms with Gasteiger partial charge in [-0.05, 0) is 25.5 Å². The number of carbonyl (C=O) groups excluding carboxylic acids is 3. The van der Waals surface area contributed by atoms with Crippen molar-refractivity contribution in [2.45, 2.75) is 25.5 Å². The third kappa shape index (κ3) is 5.84. The molecule has 174 valence electrons. The van der Waals surface area contributed by atoms with E-state index in [9.17, 15) is 22.8 Å². The number of aryl methyl sites for hydroxylation is 1. The number of sulfone groups is 1. The molecule has 0 bridgehead atoms. The first kappa shape index (κ1) is 24.9. The molecule has 1 heterocycles. The molecule has 11 nitrogen and oxygen atoms in total. The molecule has 1 atom stereocenters. The van der Waals surface area contributed by atoms with E-state index < -0.39 is 38.6 Å². The van der Waals surface area contributed by atoms with Gasteiger partial charge in [0.1, 0.15) is 28.1 Å². The first-order valence-corrected chi connectivity index (χ1v) is 11.5. The number of esters is 1. The monoisotopic (exact) mass is 466 g/mol. The van der Waals surface area contributed by atoms with Crippen molar-refractivity contribution >= 4 is 39.1 Å². The Morgan fingerprint density at radius 2 is 1.84 bits per heavy atom. The molecule has 0 aliphatic carbocycles. The average Bonchev–Trinajstić information content (AvgIpc) is 3.08. The summed E-state index contributed by atoms with van der Waals surface area (Å²) in [5, 5.41) is 7.29. The van der Waals surface area contributed by atoms with Crippen molar-refractivity contribution < 1.29 is 32.3 Å². The number of hydrogen-bond acceptors (Lipinski definition) is 8. The molecular formula is C20H26N4O7S. The van der Waals surface area contributed by atoms with Crippen molar-refractivity contribution in [3.63, 3.8) is 0 Å². The quantitative estimate of drug-likeness (QED) is 0.499. The lowest BCUT2D eigenvalue weighted by Gasteiger charge is -2.17. The number of benzene rings is 1. The van der Waals surface area contributed by atoms with E-state index in [0.717, 1.165) is 0 Å². The number of nitrogens with one attached hydrogen (secondary N) is 2. The summed E-state index contributed by atoms with van der Waals surface area (Å²) in [5.74, 6) is -2.94. The minimum Gasteiger partial charge on any atom is -0.495 e. The summed E-state index contributed by atoms with van der Waals surface area (Å²) in [6.07, 6.45) is 1.13. The van der Waals surface area contributed by atoms with Crippen LogP contribution in [0.2, 0.25) is 0 Å². The Morgan fingerprint density at radius 3 is 2.47 bits per heavy atom. The van der Waals surface area contributed by atoms with E-state index >= 15 is 0 Å². The van der Waals surface area contributed by atoms with Gasteiger partial charge in [0.15, 0.2) is 9.84 Å². The molecule has 1 unspecified atom stereocenters. The van der Waals surface area contributed by atoms with E-state index in [1.807, 2.05) is 0 Å². The van der Waals surface area contributed by atoms with Crippen molar-refractivity contribution in [3.05, 3.63) is 36.0 Å². The standard InChI is InChI=1S/C20H26N4O7S/c1-5-16(19(26)23-18-13(11-21-24(18)3)20(27)31-6-2)32(28,29)12-17(25)22-14-9-7-8-10-15(14)30-4/h7-11,16H,5-6,12H2,1-4H3,(H,22,25)(H,23,26). The first-order valence-electron chi connectivity index (χ1n) is 9.78. The van der Waals surface area contributed by atoms with Crippen LogP contribution in [0.3, 0.4) is 0 Å². The van der Waals surface area contributed by atoms with Gasteiger partial charge in [0.05, 0.1) is 25.6 Å². The van der Waals surface area contributed by atoms with Crippen LogP contribution < -0.4 is 15.4 Å². The lowest BCUT2D eigenvalue weighted by molar-refractivity contribution is -0.115. The third-order valence-electron chi connectivity index (χ3n) is 4.49. The number of para-hydroxylation sites is 2. The molecule has 32 heavy (non-hydrogen) atoms. The van der Waals surface area contributed by atoms with Gasteiger partial charge in [0.2, 0.25) is 11.8 Å². The summed E-state index contributed by atoms with van der Waals surface area (Å²) in [4.78, 5) is 37.2. The molecule has 0 saturated heterocycles. The number of methoxy groups -OCH3 is 1. The smallest absolute Gasteiger partial charge is 0.343 e. The van der Waals surface area contributed by atoms with Crippen LogP contribution in [0.1, 0.15) is 30.6 Å². The normalized spacial score (nSPS) is 12.0. The Bertz CT molecular complexity index is 1100. The van der Waals surface area contributed by atoms with Crippen LogP contribution in [0.15, 0.2) is 30.5 Å². The van der Waals surface area contributed by atoms with Crippen LogP contribution in [0.25, 0.3) is 0 Å². The molecule has 2 aromatic rings. The second-order valence-electron chi connectivity index (χ2n) is 6.69. The Kier molecular flexibility index (Phi) is 8.35. The minimum absolute atomic E-state index is 0.000531. The van der Waals surface area contributed by atoms with Gasteiger partial charge in [-0.25, -0.2) is 13.2 Å². The number of anilines is 2. The first-order chi connectivity index (χ1) is 15.1. The van der Waals surface area contributed by atoms with Gasteiger partial charge in [0.25, 0.3) is 0 Å². The van der Waals surface area contributed by atoms with Crippen LogP contribution in [-0.2, 0) is 31.2 Å². The Labute approximate surface area is 186 Å². The maximum Gasteiger partial charge on any atom is 0.343 e. The van der Waals surface area contributed by atoms with E-state index in [1.165, 1.54) is 32.0 Å². The predicted molar refractivity (Wildman–Crippen MR) is 117 cm³/mol. The highest BCUT2D eigenvalue weighted by Gasteiger charge is 2.34. The number of amides is 2. The van der Waals surface area contributed by atoms with Gasteiger partial charge < -0.3 is 20.1 Å². The molecule has 12 heteroatoms. The maximum atomic E-state index is 12.8. The highest BCUT2D eigenvalue weighted by Crippen LogP contribution is 2.23. The van der Waals surface area contributed by atoms with Crippen molar-refractivity contribution in [2.24, 2.45) is 7.05 Å². The molecule has 0 fully saturated rings. The summed E-state index contributed by atoms with van der Waals surface area (Å²) >= 11 is 0. The second-order valence-corrected chi connectivity index (χ2v) is 8.88. The van der Waals surface area contributed by atoms with Crippen molar-refractivity contribution in [1.82, 2.24) is 9.78 Å². The van der Waals surface area contributed by atoms with E-state index in [0.29, 0.717) is 11.4 Å². The number of aromatic nitrogens is 2. The number of hydrogen-bond donors (Lipinski definition) is 2. The summed E-state index contributed by atoms with van der Waals surface area (Å²) in [7, 11) is -1.28. The lowest BCUT2D eigenvalue weighted by Crippen LogP contribution is -2.39. The number of nitrogens with zero attached hydrogens (tertiary/aromatic N) is 2. The van der Waals surface area contributed by atoms with E-state index in [2.05, 4.69) is 15.7 Å². The molecule has 0 radical (unpaired) electrons. The molecule has 1 aromatic carbocycles. The summed E-state index contributed by atoms with van der Waals surface area (Å²) in [6.45, 7) is 3.26. The van der Waals surface area contributed by atoms with Crippen LogP contribution in [0, 0.1) is 0 Å². The van der Waals surface area contributed by atoms with Crippen molar-refractivity contribution in [3.8, 4) is 5.75 Å². The second kappa shape index (κ2) is 10.8. The van der Waals surface area contributed by atoms with Crippen LogP contribution in [0.4, 0.5) is 11.5 Å². The van der Waals surface area contributed by atoms with Gasteiger partial charge in [-0.15, -0.1) is 0 Å². The Morgan fingerprint density at radius 1 is 1.16 bits per heavy atom. The number of carbonyl (C=O) groups is 3. The molecule has 0 aliphatic heterocycles. The summed E-state index contributed by atoms with van der Waals surface area (Å²) in [5.41, 5.74) is 0.297. The molecule has 0 aliphatic rings. The largest absolute Gasteiger partial charge is 0.495 e. The predicted octanol–water partition coefficient (Wildman–Crippen LogP) is 1.38. The number of rotatable bonds is 10. The van der Waals surface area contributed by atoms with Crippen LogP contribution >= 0.6 is 0 Å².